The number of carbonyl (C=O) groups excluding carboxylic acids is 1. The molecule has 1 saturated heterocycles. The van der Waals surface area contributed by atoms with Gasteiger partial charge in [0, 0.05) is 55.0 Å². The molecule has 1 aromatic heterocycles. The first kappa shape index (κ1) is 19.1. The summed E-state index contributed by atoms with van der Waals surface area (Å²) in [5, 5.41) is 7.26. The highest BCUT2D eigenvalue weighted by atomic mass is 16.2. The van der Waals surface area contributed by atoms with Crippen LogP contribution < -0.4 is 11.5 Å². The molecule has 2 aliphatic rings. The zero-order valence-electron chi connectivity index (χ0n) is 15.6. The monoisotopic (exact) mass is 368 g/mol. The smallest absolute Gasteiger partial charge is 0.225 e. The Morgan fingerprint density at radius 3 is 2.56 bits per heavy atom. The number of hydrogen-bond acceptors (Lipinski definition) is 6. The number of aliphatic imine (C=N–C) groups is 1. The Kier molecular flexibility index (Phi) is 6.21. The molecule has 7 nitrogen and oxygen atoms in total. The van der Waals surface area contributed by atoms with E-state index in [4.69, 9.17) is 16.9 Å². The number of amides is 1. The summed E-state index contributed by atoms with van der Waals surface area (Å²) in [5.41, 5.74) is 14.0. The van der Waals surface area contributed by atoms with Crippen LogP contribution in [0.2, 0.25) is 0 Å². The number of piperidine rings is 1. The maximum Gasteiger partial charge on any atom is 0.225 e. The van der Waals surface area contributed by atoms with Crippen molar-refractivity contribution in [3.8, 4) is 0 Å². The van der Waals surface area contributed by atoms with E-state index in [1.54, 1.807) is 18.5 Å². The molecule has 0 bridgehead atoms. The van der Waals surface area contributed by atoms with Crippen LogP contribution in [0.1, 0.15) is 49.8 Å². The molecule has 1 aliphatic carbocycles. The highest BCUT2D eigenvalue weighted by Crippen LogP contribution is 2.28. The summed E-state index contributed by atoms with van der Waals surface area (Å²) in [6.07, 6.45) is 12.2. The van der Waals surface area contributed by atoms with Crippen molar-refractivity contribution in [2.45, 2.75) is 44.6 Å². The lowest BCUT2D eigenvalue weighted by Crippen LogP contribution is -2.42. The van der Waals surface area contributed by atoms with Gasteiger partial charge in [-0.15, -0.1) is 0 Å². The molecule has 0 spiro atoms. The third kappa shape index (κ3) is 4.53. The summed E-state index contributed by atoms with van der Waals surface area (Å²) in [5.74, 6) is 0.587. The molecule has 2 heterocycles. The van der Waals surface area contributed by atoms with Gasteiger partial charge in [-0.3, -0.25) is 14.8 Å². The number of allylic oxidation sites excluding steroid dienone is 1. The number of nitrogens with two attached hydrogens (primary N) is 2. The van der Waals surface area contributed by atoms with Crippen LogP contribution in [0.15, 0.2) is 23.5 Å². The number of rotatable bonds is 5. The Morgan fingerprint density at radius 1 is 1.26 bits per heavy atom. The first-order chi connectivity index (χ1) is 13.1. The van der Waals surface area contributed by atoms with Crippen molar-refractivity contribution in [2.24, 2.45) is 16.6 Å². The van der Waals surface area contributed by atoms with Crippen LogP contribution in [-0.4, -0.2) is 47.4 Å². The van der Waals surface area contributed by atoms with Gasteiger partial charge in [0.1, 0.15) is 5.69 Å². The highest BCUT2D eigenvalue weighted by Gasteiger charge is 2.29. The number of likely N-dealkylation sites (tertiary alicyclic amines) is 1. The Morgan fingerprint density at radius 2 is 1.96 bits per heavy atom. The number of nitrogens with zero attached hydrogens (tertiary/aromatic N) is 3. The standard InChI is InChI=1S/C20H28N6O/c21-10-16(15-9-18(23)19(11-22)25-12-15)13-24-17-5-7-26(8-6-17)20(27)14-3-1-2-4-14/h9-14,17,22H,1-8,21,23H2. The molecule has 1 amide bonds. The second kappa shape index (κ2) is 8.79. The number of anilines is 1. The van der Waals surface area contributed by atoms with Crippen LogP contribution in [0.4, 0.5) is 5.69 Å². The average molecular weight is 368 g/mol. The molecule has 0 radical (unpaired) electrons. The predicted molar refractivity (Wildman–Crippen MR) is 109 cm³/mol. The fourth-order valence-corrected chi connectivity index (χ4v) is 3.84. The number of nitrogen functional groups attached to an aromatic ring is 1. The van der Waals surface area contributed by atoms with Gasteiger partial charge in [0.15, 0.2) is 0 Å². The van der Waals surface area contributed by atoms with Crippen molar-refractivity contribution >= 4 is 29.6 Å². The van der Waals surface area contributed by atoms with E-state index in [0.717, 1.165) is 56.1 Å². The SMILES string of the molecule is N=Cc1ncc(C(C=NC2CCN(C(=O)C3CCCC3)CC2)=CN)cc1N. The molecule has 3 rings (SSSR count). The molecule has 0 unspecified atom stereocenters. The van der Waals surface area contributed by atoms with E-state index in [9.17, 15) is 4.79 Å². The van der Waals surface area contributed by atoms with Crippen molar-refractivity contribution in [2.75, 3.05) is 18.8 Å². The molecule has 0 aromatic carbocycles. The maximum atomic E-state index is 12.5. The average Bonchev–Trinajstić information content (AvgIpc) is 3.23. The number of aromatic nitrogens is 1. The van der Waals surface area contributed by atoms with Gasteiger partial charge in [-0.05, 0) is 31.7 Å². The summed E-state index contributed by atoms with van der Waals surface area (Å²) in [6.45, 7) is 1.56. The van der Waals surface area contributed by atoms with Crippen molar-refractivity contribution in [3.05, 3.63) is 29.7 Å². The third-order valence-corrected chi connectivity index (χ3v) is 5.50. The lowest BCUT2D eigenvalue weighted by molar-refractivity contribution is -0.136. The summed E-state index contributed by atoms with van der Waals surface area (Å²) in [7, 11) is 0. The minimum absolute atomic E-state index is 0.193. The lowest BCUT2D eigenvalue weighted by Gasteiger charge is -2.32. The summed E-state index contributed by atoms with van der Waals surface area (Å²) >= 11 is 0. The number of nitrogens with one attached hydrogen (secondary N) is 1. The van der Waals surface area contributed by atoms with Crippen molar-refractivity contribution in [3.63, 3.8) is 0 Å². The van der Waals surface area contributed by atoms with E-state index in [1.165, 1.54) is 19.0 Å². The van der Waals surface area contributed by atoms with Crippen LogP contribution in [0.25, 0.3) is 5.57 Å². The molecule has 0 atom stereocenters. The fourth-order valence-electron chi connectivity index (χ4n) is 3.84. The summed E-state index contributed by atoms with van der Waals surface area (Å²) < 4.78 is 0. The van der Waals surface area contributed by atoms with Crippen LogP contribution in [0.3, 0.4) is 0 Å². The van der Waals surface area contributed by atoms with Gasteiger partial charge in [-0.2, -0.15) is 0 Å². The van der Waals surface area contributed by atoms with Crippen LogP contribution in [0, 0.1) is 11.3 Å². The van der Waals surface area contributed by atoms with Crippen LogP contribution in [-0.2, 0) is 4.79 Å². The van der Waals surface area contributed by atoms with Gasteiger partial charge in [0.25, 0.3) is 0 Å². The molecule has 144 valence electrons. The Labute approximate surface area is 160 Å². The number of carbonyl (C=O) groups is 1. The second-order valence-electron chi connectivity index (χ2n) is 7.28. The third-order valence-electron chi connectivity index (χ3n) is 5.50. The lowest BCUT2D eigenvalue weighted by atomic mass is 10.0. The normalized spacial score (nSPS) is 19.7. The highest BCUT2D eigenvalue weighted by molar-refractivity contribution is 6.10. The Balaban J connectivity index is 1.57. The van der Waals surface area contributed by atoms with Gasteiger partial charge in [-0.25, -0.2) is 0 Å². The first-order valence-electron chi connectivity index (χ1n) is 9.62. The fraction of sp³-hybridized carbons (Fsp3) is 0.500. The molecule has 1 saturated carbocycles. The van der Waals surface area contributed by atoms with E-state index in [2.05, 4.69) is 9.98 Å². The molecule has 1 aromatic rings. The van der Waals surface area contributed by atoms with Crippen LogP contribution >= 0.6 is 0 Å². The first-order valence-corrected chi connectivity index (χ1v) is 9.62. The van der Waals surface area contributed by atoms with E-state index < -0.39 is 0 Å². The quantitative estimate of drug-likeness (QED) is 0.690. The molecular formula is C20H28N6O. The topological polar surface area (TPSA) is 121 Å². The van der Waals surface area contributed by atoms with E-state index in [-0.39, 0.29) is 12.0 Å². The van der Waals surface area contributed by atoms with Gasteiger partial charge in [0.05, 0.1) is 11.7 Å². The van der Waals surface area contributed by atoms with E-state index in [0.29, 0.717) is 17.3 Å². The van der Waals surface area contributed by atoms with E-state index in [1.807, 2.05) is 4.90 Å². The Bertz CT molecular complexity index is 743. The van der Waals surface area contributed by atoms with Gasteiger partial charge < -0.3 is 21.8 Å². The maximum absolute atomic E-state index is 12.5. The largest absolute Gasteiger partial charge is 0.404 e. The zero-order chi connectivity index (χ0) is 19.2. The summed E-state index contributed by atoms with van der Waals surface area (Å²) in [6, 6.07) is 1.94. The number of pyridine rings is 1. The Hall–Kier alpha value is -2.70. The minimum Gasteiger partial charge on any atom is -0.404 e. The van der Waals surface area contributed by atoms with Gasteiger partial charge >= 0.3 is 0 Å². The minimum atomic E-state index is 0.193. The van der Waals surface area contributed by atoms with Crippen molar-refractivity contribution in [1.29, 1.82) is 5.41 Å². The molecule has 5 N–H and O–H groups in total. The van der Waals surface area contributed by atoms with Crippen molar-refractivity contribution in [1.82, 2.24) is 9.88 Å². The molecule has 7 heteroatoms. The summed E-state index contributed by atoms with van der Waals surface area (Å²) in [4.78, 5) is 23.4. The molecule has 27 heavy (non-hydrogen) atoms. The molecule has 2 fully saturated rings. The van der Waals surface area contributed by atoms with Crippen LogP contribution in [0.5, 0.6) is 0 Å². The zero-order valence-corrected chi connectivity index (χ0v) is 15.6. The predicted octanol–water partition coefficient (Wildman–Crippen LogP) is 2.21. The second-order valence-corrected chi connectivity index (χ2v) is 7.28. The van der Waals surface area contributed by atoms with E-state index >= 15 is 0 Å². The molecule has 1 aliphatic heterocycles. The van der Waals surface area contributed by atoms with Gasteiger partial charge in [-0.1, -0.05) is 12.8 Å². The molecular weight excluding hydrogens is 340 g/mol. The number of hydrogen-bond donors (Lipinski definition) is 3. The van der Waals surface area contributed by atoms with Gasteiger partial charge in [0.2, 0.25) is 5.91 Å². The van der Waals surface area contributed by atoms with Crippen molar-refractivity contribution < 1.29 is 4.79 Å².